The molecule has 2 aromatic carbocycles. The molecule has 1 heterocycles. The Bertz CT molecular complexity index is 878. The van der Waals surface area contributed by atoms with Crippen molar-refractivity contribution >= 4 is 17.0 Å². The third kappa shape index (κ3) is 3.14. The van der Waals surface area contributed by atoms with Crippen LogP contribution in [0, 0.1) is 0 Å². The number of rotatable bonds is 4. The molecule has 0 spiro atoms. The largest absolute Gasteiger partial charge is 0.399 e. The van der Waals surface area contributed by atoms with Gasteiger partial charge in [0.2, 0.25) is 0 Å². The predicted octanol–water partition coefficient (Wildman–Crippen LogP) is 4.08. The molecule has 4 nitrogen and oxygen atoms in total. The van der Waals surface area contributed by atoms with Gasteiger partial charge in [-0.05, 0) is 42.0 Å². The van der Waals surface area contributed by atoms with E-state index >= 15 is 0 Å². The van der Waals surface area contributed by atoms with Gasteiger partial charge >= 0.3 is 0 Å². The van der Waals surface area contributed by atoms with E-state index < -0.39 is 0 Å². The molecule has 24 heavy (non-hydrogen) atoms. The van der Waals surface area contributed by atoms with E-state index in [4.69, 9.17) is 10.6 Å². The topological polar surface area (TPSA) is 60.5 Å². The highest BCUT2D eigenvalue weighted by Gasteiger charge is 2.14. The summed E-state index contributed by atoms with van der Waals surface area (Å²) in [4.78, 5) is 9.07. The number of nitrogens with two attached hydrogens (primary N) is 1. The van der Waals surface area contributed by atoms with E-state index in [0.717, 1.165) is 33.0 Å². The summed E-state index contributed by atoms with van der Waals surface area (Å²) in [5.74, 6) is 0. The van der Waals surface area contributed by atoms with Crippen LogP contribution in [0.4, 0.5) is 0 Å². The van der Waals surface area contributed by atoms with Crippen molar-refractivity contribution in [3.63, 3.8) is 0 Å². The fourth-order valence-electron chi connectivity index (χ4n) is 2.77. The third-order valence-electron chi connectivity index (χ3n) is 4.09. The predicted molar refractivity (Wildman–Crippen MR) is 99.0 cm³/mol. The number of hydrogen-bond acceptors (Lipinski definition) is 4. The molecule has 0 unspecified atom stereocenters. The van der Waals surface area contributed by atoms with Crippen molar-refractivity contribution in [2.75, 3.05) is 7.11 Å². The van der Waals surface area contributed by atoms with Gasteiger partial charge in [-0.25, -0.2) is 0 Å². The summed E-state index contributed by atoms with van der Waals surface area (Å²) in [5, 5.41) is 6.13. The monoisotopic (exact) mass is 319 g/mol. The van der Waals surface area contributed by atoms with E-state index in [1.807, 2.05) is 26.1 Å². The van der Waals surface area contributed by atoms with Crippen LogP contribution >= 0.6 is 0 Å². The Hall–Kier alpha value is -2.72. The molecule has 0 aliphatic carbocycles. The Morgan fingerprint density at radius 2 is 1.83 bits per heavy atom. The lowest BCUT2D eigenvalue weighted by Gasteiger charge is -2.19. The van der Waals surface area contributed by atoms with Gasteiger partial charge in [-0.3, -0.25) is 4.98 Å². The molecule has 3 rings (SSSR count). The van der Waals surface area contributed by atoms with Gasteiger partial charge in [-0.2, -0.15) is 0 Å². The quantitative estimate of drug-likeness (QED) is 0.582. The van der Waals surface area contributed by atoms with Gasteiger partial charge in [0.1, 0.15) is 7.11 Å². The molecule has 2 N–H and O–H groups in total. The molecule has 0 saturated heterocycles. The van der Waals surface area contributed by atoms with Crippen molar-refractivity contribution in [3.05, 3.63) is 66.0 Å². The van der Waals surface area contributed by atoms with E-state index in [0.29, 0.717) is 0 Å². The van der Waals surface area contributed by atoms with Gasteiger partial charge in [0.05, 0.1) is 6.21 Å². The molecule has 1 aromatic heterocycles. The van der Waals surface area contributed by atoms with Crippen molar-refractivity contribution in [1.29, 1.82) is 0 Å². The highest BCUT2D eigenvalue weighted by molar-refractivity contribution is 6.05. The Labute approximate surface area is 142 Å². The first-order valence-corrected chi connectivity index (χ1v) is 7.84. The average Bonchev–Trinajstić information content (AvgIpc) is 2.59. The Morgan fingerprint density at radius 1 is 1.08 bits per heavy atom. The van der Waals surface area contributed by atoms with Crippen LogP contribution in [0.25, 0.3) is 21.9 Å². The fraction of sp³-hybridized carbons (Fsp3) is 0.200. The molecule has 0 saturated carbocycles. The molecule has 0 bridgehead atoms. The summed E-state index contributed by atoms with van der Waals surface area (Å²) in [6.45, 7) is 4.00. The smallest absolute Gasteiger partial charge is 0.106 e. The highest BCUT2D eigenvalue weighted by Crippen LogP contribution is 2.30. The maximum atomic E-state index is 6.17. The Balaban J connectivity index is 2.16. The van der Waals surface area contributed by atoms with Crippen molar-refractivity contribution < 1.29 is 4.84 Å². The number of fused-ring (bicyclic) bond motifs is 1. The van der Waals surface area contributed by atoms with Crippen LogP contribution in [0.5, 0.6) is 0 Å². The standard InChI is InChI=1S/C20H21N3O/c1-20(2,21)16-7-4-14(5-8-16)17-9-6-15-12-22-11-10-18(15)19(17)13-23-24-3/h4-13H,21H2,1-3H3/b23-13+. The van der Waals surface area contributed by atoms with Gasteiger partial charge in [0, 0.05) is 28.9 Å². The fourth-order valence-corrected chi connectivity index (χ4v) is 2.77. The first kappa shape index (κ1) is 16.1. The summed E-state index contributed by atoms with van der Waals surface area (Å²) in [6.07, 6.45) is 5.39. The minimum Gasteiger partial charge on any atom is -0.399 e. The summed E-state index contributed by atoms with van der Waals surface area (Å²) >= 11 is 0. The van der Waals surface area contributed by atoms with E-state index in [9.17, 15) is 0 Å². The van der Waals surface area contributed by atoms with Gasteiger partial charge in [-0.15, -0.1) is 0 Å². The van der Waals surface area contributed by atoms with Crippen molar-refractivity contribution in [2.24, 2.45) is 10.9 Å². The van der Waals surface area contributed by atoms with Gasteiger partial charge in [0.25, 0.3) is 0 Å². The minimum atomic E-state index is -0.353. The van der Waals surface area contributed by atoms with Crippen LogP contribution in [-0.2, 0) is 10.4 Å². The number of aromatic nitrogens is 1. The zero-order valence-corrected chi connectivity index (χ0v) is 14.2. The van der Waals surface area contributed by atoms with Crippen LogP contribution in [0.1, 0.15) is 25.0 Å². The second-order valence-corrected chi connectivity index (χ2v) is 6.34. The van der Waals surface area contributed by atoms with Gasteiger partial charge < -0.3 is 10.6 Å². The molecule has 0 amide bonds. The third-order valence-corrected chi connectivity index (χ3v) is 4.09. The zero-order chi connectivity index (χ0) is 17.2. The van der Waals surface area contributed by atoms with Crippen LogP contribution < -0.4 is 5.73 Å². The maximum absolute atomic E-state index is 6.17. The molecular formula is C20H21N3O. The summed E-state index contributed by atoms with van der Waals surface area (Å²) in [5.41, 5.74) is 10.1. The normalized spacial score (nSPS) is 12.0. The van der Waals surface area contributed by atoms with E-state index in [1.54, 1.807) is 19.5 Å². The number of hydrogen-bond donors (Lipinski definition) is 1. The summed E-state index contributed by atoms with van der Waals surface area (Å²) in [6, 6.07) is 14.5. The second kappa shape index (κ2) is 6.42. The lowest BCUT2D eigenvalue weighted by atomic mass is 9.91. The Kier molecular flexibility index (Phi) is 4.32. The average molecular weight is 319 g/mol. The van der Waals surface area contributed by atoms with Crippen LogP contribution in [0.15, 0.2) is 60.0 Å². The molecule has 122 valence electrons. The van der Waals surface area contributed by atoms with Crippen LogP contribution in [0.2, 0.25) is 0 Å². The van der Waals surface area contributed by atoms with Crippen molar-refractivity contribution in [3.8, 4) is 11.1 Å². The maximum Gasteiger partial charge on any atom is 0.106 e. The van der Waals surface area contributed by atoms with E-state index in [-0.39, 0.29) is 5.54 Å². The lowest BCUT2D eigenvalue weighted by molar-refractivity contribution is 0.215. The first-order chi connectivity index (χ1) is 11.5. The molecule has 4 heteroatoms. The molecular weight excluding hydrogens is 298 g/mol. The molecule has 3 aromatic rings. The van der Waals surface area contributed by atoms with Crippen LogP contribution in [0.3, 0.4) is 0 Å². The highest BCUT2D eigenvalue weighted by atomic mass is 16.6. The molecule has 0 aliphatic heterocycles. The number of benzene rings is 2. The van der Waals surface area contributed by atoms with Gasteiger partial charge in [-0.1, -0.05) is 41.6 Å². The number of pyridine rings is 1. The number of nitrogens with zero attached hydrogens (tertiary/aromatic N) is 2. The van der Waals surface area contributed by atoms with Crippen LogP contribution in [-0.4, -0.2) is 18.3 Å². The first-order valence-electron chi connectivity index (χ1n) is 7.84. The summed E-state index contributed by atoms with van der Waals surface area (Å²) < 4.78 is 0. The van der Waals surface area contributed by atoms with E-state index in [1.165, 1.54) is 0 Å². The summed E-state index contributed by atoms with van der Waals surface area (Å²) in [7, 11) is 1.54. The minimum absolute atomic E-state index is 0.353. The molecule has 0 radical (unpaired) electrons. The Morgan fingerprint density at radius 3 is 2.50 bits per heavy atom. The van der Waals surface area contributed by atoms with Crippen molar-refractivity contribution in [2.45, 2.75) is 19.4 Å². The SMILES string of the molecule is CO/N=C/c1c(-c2ccc(C(C)(C)N)cc2)ccc2cnccc12. The molecule has 0 atom stereocenters. The zero-order valence-electron chi connectivity index (χ0n) is 14.2. The molecule has 0 fully saturated rings. The molecule has 0 aliphatic rings. The van der Waals surface area contributed by atoms with E-state index in [2.05, 4.69) is 46.5 Å². The van der Waals surface area contributed by atoms with Crippen molar-refractivity contribution in [1.82, 2.24) is 4.98 Å². The van der Waals surface area contributed by atoms with Gasteiger partial charge in [0.15, 0.2) is 0 Å². The second-order valence-electron chi connectivity index (χ2n) is 6.34. The number of oxime groups is 1. The lowest BCUT2D eigenvalue weighted by Crippen LogP contribution is -2.28.